The Labute approximate surface area is 123 Å². The minimum Gasteiger partial charge on any atom is -0.392 e. The van der Waals surface area contributed by atoms with Crippen LogP contribution in [0.15, 0.2) is 0 Å². The van der Waals surface area contributed by atoms with Crippen LogP contribution in [0.1, 0.15) is 25.7 Å². The SMILES string of the molecule is NC(=O)C1CCN(C(=O)C2(C(N)=S)CCOCC2)CC1. The normalized spacial score (nSPS) is 23.3. The van der Waals surface area contributed by atoms with Gasteiger partial charge in [-0.05, 0) is 25.7 Å². The number of thiocarbonyl (C=S) groups is 1. The van der Waals surface area contributed by atoms with Crippen LogP contribution in [0.25, 0.3) is 0 Å². The van der Waals surface area contributed by atoms with Crippen LogP contribution in [0.5, 0.6) is 0 Å². The van der Waals surface area contributed by atoms with Crippen molar-refractivity contribution in [3.8, 4) is 0 Å². The molecule has 0 aromatic rings. The second kappa shape index (κ2) is 6.05. The number of amides is 2. The van der Waals surface area contributed by atoms with Gasteiger partial charge in [0, 0.05) is 32.2 Å². The van der Waals surface area contributed by atoms with Gasteiger partial charge in [-0.3, -0.25) is 9.59 Å². The molecule has 0 unspecified atom stereocenters. The Hall–Kier alpha value is -1.21. The molecule has 6 nitrogen and oxygen atoms in total. The summed E-state index contributed by atoms with van der Waals surface area (Å²) in [5, 5.41) is 0. The van der Waals surface area contributed by atoms with Crippen molar-refractivity contribution in [3.05, 3.63) is 0 Å². The monoisotopic (exact) mass is 299 g/mol. The van der Waals surface area contributed by atoms with Gasteiger partial charge in [0.05, 0.1) is 4.99 Å². The van der Waals surface area contributed by atoms with Gasteiger partial charge in [-0.1, -0.05) is 12.2 Å². The third-order valence-electron chi connectivity index (χ3n) is 4.41. The number of ether oxygens (including phenoxy) is 1. The Morgan fingerprint density at radius 1 is 1.15 bits per heavy atom. The molecule has 0 radical (unpaired) electrons. The Kier molecular flexibility index (Phi) is 4.59. The van der Waals surface area contributed by atoms with E-state index in [0.717, 1.165) is 0 Å². The Balaban J connectivity index is 2.06. The molecule has 2 rings (SSSR count). The quantitative estimate of drug-likeness (QED) is 0.703. The van der Waals surface area contributed by atoms with E-state index in [4.69, 9.17) is 28.4 Å². The molecule has 7 heteroatoms. The third kappa shape index (κ3) is 2.78. The van der Waals surface area contributed by atoms with E-state index in [9.17, 15) is 9.59 Å². The van der Waals surface area contributed by atoms with E-state index < -0.39 is 5.41 Å². The maximum atomic E-state index is 12.8. The van der Waals surface area contributed by atoms with Crippen molar-refractivity contribution in [2.24, 2.45) is 22.8 Å². The molecule has 0 aromatic carbocycles. The molecular formula is C13H21N3O3S. The molecule has 2 heterocycles. The molecule has 0 aromatic heterocycles. The van der Waals surface area contributed by atoms with Crippen molar-refractivity contribution in [1.82, 2.24) is 4.90 Å². The number of likely N-dealkylation sites (tertiary alicyclic amines) is 1. The number of carbonyl (C=O) groups is 2. The van der Waals surface area contributed by atoms with Crippen LogP contribution in [0.2, 0.25) is 0 Å². The van der Waals surface area contributed by atoms with Gasteiger partial charge in [0.15, 0.2) is 0 Å². The number of nitrogens with two attached hydrogens (primary N) is 2. The lowest BCUT2D eigenvalue weighted by molar-refractivity contribution is -0.145. The predicted molar refractivity (Wildman–Crippen MR) is 77.8 cm³/mol. The van der Waals surface area contributed by atoms with Crippen molar-refractivity contribution in [2.45, 2.75) is 25.7 Å². The minimum atomic E-state index is -0.771. The largest absolute Gasteiger partial charge is 0.392 e. The summed E-state index contributed by atoms with van der Waals surface area (Å²) in [6.45, 7) is 2.08. The Morgan fingerprint density at radius 3 is 2.15 bits per heavy atom. The highest BCUT2D eigenvalue weighted by molar-refractivity contribution is 7.80. The fraction of sp³-hybridized carbons (Fsp3) is 0.769. The van der Waals surface area contributed by atoms with Gasteiger partial charge >= 0.3 is 0 Å². The first kappa shape index (κ1) is 15.2. The van der Waals surface area contributed by atoms with E-state index in [1.807, 2.05) is 0 Å². The zero-order valence-electron chi connectivity index (χ0n) is 11.5. The second-order valence-electron chi connectivity index (χ2n) is 5.53. The van der Waals surface area contributed by atoms with E-state index in [2.05, 4.69) is 0 Å². The third-order valence-corrected chi connectivity index (χ3v) is 4.80. The van der Waals surface area contributed by atoms with Crippen molar-refractivity contribution in [3.63, 3.8) is 0 Å². The van der Waals surface area contributed by atoms with Crippen LogP contribution in [-0.4, -0.2) is 48.0 Å². The van der Waals surface area contributed by atoms with E-state index in [1.165, 1.54) is 0 Å². The molecule has 2 saturated heterocycles. The molecule has 2 fully saturated rings. The molecule has 0 spiro atoms. The van der Waals surface area contributed by atoms with E-state index in [-0.39, 0.29) is 22.7 Å². The minimum absolute atomic E-state index is 0.0174. The van der Waals surface area contributed by atoms with Crippen LogP contribution in [0.3, 0.4) is 0 Å². The predicted octanol–water partition coefficient (Wildman–Crippen LogP) is -0.207. The fourth-order valence-electron chi connectivity index (χ4n) is 2.96. The van der Waals surface area contributed by atoms with Crippen molar-refractivity contribution in [2.75, 3.05) is 26.3 Å². The maximum Gasteiger partial charge on any atom is 0.235 e. The standard InChI is InChI=1S/C13H21N3O3S/c14-10(17)9-1-5-16(6-2-9)12(18)13(11(15)20)3-7-19-8-4-13/h9H,1-8H2,(H2,14,17)(H2,15,20). The zero-order valence-corrected chi connectivity index (χ0v) is 12.3. The lowest BCUT2D eigenvalue weighted by Crippen LogP contribution is -2.55. The number of hydrogen-bond donors (Lipinski definition) is 2. The van der Waals surface area contributed by atoms with E-state index in [0.29, 0.717) is 52.0 Å². The average Bonchev–Trinajstić information content (AvgIpc) is 2.47. The fourth-order valence-corrected chi connectivity index (χ4v) is 3.25. The first-order valence-corrected chi connectivity index (χ1v) is 7.34. The average molecular weight is 299 g/mol. The molecule has 112 valence electrons. The molecule has 0 aliphatic carbocycles. The van der Waals surface area contributed by atoms with E-state index in [1.54, 1.807) is 4.90 Å². The van der Waals surface area contributed by atoms with Crippen LogP contribution in [0.4, 0.5) is 0 Å². The highest BCUT2D eigenvalue weighted by Gasteiger charge is 2.45. The zero-order chi connectivity index (χ0) is 14.8. The van der Waals surface area contributed by atoms with Crippen LogP contribution < -0.4 is 11.5 Å². The topological polar surface area (TPSA) is 98.7 Å². The summed E-state index contributed by atoms with van der Waals surface area (Å²) in [5.74, 6) is -0.432. The summed E-state index contributed by atoms with van der Waals surface area (Å²) >= 11 is 5.14. The molecule has 2 aliphatic heterocycles. The summed E-state index contributed by atoms with van der Waals surface area (Å²) in [5.41, 5.74) is 10.4. The van der Waals surface area contributed by atoms with Crippen molar-refractivity contribution >= 4 is 29.0 Å². The first-order valence-electron chi connectivity index (χ1n) is 6.94. The molecule has 2 amide bonds. The molecule has 0 bridgehead atoms. The Morgan fingerprint density at radius 2 is 1.70 bits per heavy atom. The van der Waals surface area contributed by atoms with Crippen LogP contribution in [0, 0.1) is 11.3 Å². The number of primary amides is 1. The number of nitrogens with zero attached hydrogens (tertiary/aromatic N) is 1. The number of carbonyl (C=O) groups excluding carboxylic acids is 2. The molecule has 0 atom stereocenters. The van der Waals surface area contributed by atoms with Crippen LogP contribution in [-0.2, 0) is 14.3 Å². The van der Waals surface area contributed by atoms with Gasteiger partial charge in [-0.25, -0.2) is 0 Å². The second-order valence-corrected chi connectivity index (χ2v) is 5.97. The number of rotatable bonds is 3. The van der Waals surface area contributed by atoms with Gasteiger partial charge in [0.2, 0.25) is 11.8 Å². The van der Waals surface area contributed by atoms with Gasteiger partial charge < -0.3 is 21.1 Å². The first-order chi connectivity index (χ1) is 9.47. The summed E-state index contributed by atoms with van der Waals surface area (Å²) in [6.07, 6.45) is 2.31. The summed E-state index contributed by atoms with van der Waals surface area (Å²) in [6, 6.07) is 0. The molecule has 0 saturated carbocycles. The summed E-state index contributed by atoms with van der Waals surface area (Å²) < 4.78 is 5.31. The number of piperidine rings is 1. The van der Waals surface area contributed by atoms with Crippen molar-refractivity contribution < 1.29 is 14.3 Å². The van der Waals surface area contributed by atoms with Gasteiger partial charge in [0.25, 0.3) is 0 Å². The lowest BCUT2D eigenvalue weighted by atomic mass is 9.78. The highest BCUT2D eigenvalue weighted by Crippen LogP contribution is 2.34. The number of hydrogen-bond acceptors (Lipinski definition) is 4. The van der Waals surface area contributed by atoms with Gasteiger partial charge in [0.1, 0.15) is 5.41 Å². The van der Waals surface area contributed by atoms with Gasteiger partial charge in [-0.2, -0.15) is 0 Å². The van der Waals surface area contributed by atoms with Gasteiger partial charge in [-0.15, -0.1) is 0 Å². The molecular weight excluding hydrogens is 278 g/mol. The van der Waals surface area contributed by atoms with Crippen molar-refractivity contribution in [1.29, 1.82) is 0 Å². The maximum absolute atomic E-state index is 12.8. The Bertz CT molecular complexity index is 413. The summed E-state index contributed by atoms with van der Waals surface area (Å²) in [7, 11) is 0. The van der Waals surface area contributed by atoms with E-state index >= 15 is 0 Å². The molecule has 2 aliphatic rings. The smallest absolute Gasteiger partial charge is 0.235 e. The highest BCUT2D eigenvalue weighted by atomic mass is 32.1. The summed E-state index contributed by atoms with van der Waals surface area (Å²) in [4.78, 5) is 26.0. The molecule has 4 N–H and O–H groups in total. The lowest BCUT2D eigenvalue weighted by Gasteiger charge is -2.41. The molecule has 20 heavy (non-hydrogen) atoms. The van der Waals surface area contributed by atoms with Crippen LogP contribution >= 0.6 is 12.2 Å².